The van der Waals surface area contributed by atoms with Gasteiger partial charge in [-0.05, 0) is 11.6 Å². The first-order chi connectivity index (χ1) is 9.65. The van der Waals surface area contributed by atoms with Gasteiger partial charge in [-0.15, -0.1) is 0 Å². The Morgan fingerprint density at radius 3 is 2.15 bits per heavy atom. The van der Waals surface area contributed by atoms with Gasteiger partial charge in [-0.3, -0.25) is 0 Å². The molecule has 112 valence electrons. The van der Waals surface area contributed by atoms with Crippen LogP contribution in [0, 0.1) is 0 Å². The lowest BCUT2D eigenvalue weighted by molar-refractivity contribution is -0.135. The van der Waals surface area contributed by atoms with Crippen molar-refractivity contribution in [3.8, 4) is 0 Å². The summed E-state index contributed by atoms with van der Waals surface area (Å²) in [6, 6.07) is 9.15. The fourth-order valence-corrected chi connectivity index (χ4v) is 1.19. The summed E-state index contributed by atoms with van der Waals surface area (Å²) in [6.45, 7) is 1.42. The van der Waals surface area contributed by atoms with Crippen LogP contribution in [0.25, 0.3) is 6.08 Å². The Morgan fingerprint density at radius 1 is 1.20 bits per heavy atom. The van der Waals surface area contributed by atoms with E-state index in [4.69, 9.17) is 15.3 Å². The van der Waals surface area contributed by atoms with Crippen LogP contribution in [0.4, 0.5) is 0 Å². The molecule has 0 heterocycles. The second-order valence-electron chi connectivity index (χ2n) is 3.63. The third-order valence-corrected chi connectivity index (χ3v) is 2.11. The first kappa shape index (κ1) is 18.1. The van der Waals surface area contributed by atoms with E-state index in [0.717, 1.165) is 5.56 Å². The van der Waals surface area contributed by atoms with Gasteiger partial charge >= 0.3 is 5.97 Å². The topological polar surface area (TPSA) is 99.0 Å². The summed E-state index contributed by atoms with van der Waals surface area (Å²) >= 11 is 0. The predicted octanol–water partition coefficient (Wildman–Crippen LogP) is 0.319. The van der Waals surface area contributed by atoms with Crippen molar-refractivity contribution in [2.45, 2.75) is 0 Å². The van der Waals surface area contributed by atoms with Gasteiger partial charge in [0.25, 0.3) is 0 Å². The molecule has 0 bridgehead atoms. The SMILES string of the molecule is COC(=Cc1ccccc1)C(=O)O.OCCNCCO. The van der Waals surface area contributed by atoms with Crippen molar-refractivity contribution < 1.29 is 24.9 Å². The van der Waals surface area contributed by atoms with Gasteiger partial charge in [0.15, 0.2) is 0 Å². The number of benzene rings is 1. The van der Waals surface area contributed by atoms with Crippen molar-refractivity contribution in [1.82, 2.24) is 5.32 Å². The highest BCUT2D eigenvalue weighted by Crippen LogP contribution is 2.06. The van der Waals surface area contributed by atoms with E-state index in [1.54, 1.807) is 0 Å². The van der Waals surface area contributed by atoms with Crippen LogP contribution in [0.1, 0.15) is 5.56 Å². The van der Waals surface area contributed by atoms with Crippen molar-refractivity contribution in [2.24, 2.45) is 0 Å². The standard InChI is InChI=1S/C10H10O3.C4H11NO2/c1-13-9(10(11)12)7-8-5-3-2-4-6-8;6-3-1-5-2-4-7/h2-7H,1H3,(H,11,12);5-7H,1-4H2. The van der Waals surface area contributed by atoms with Gasteiger partial charge in [0.05, 0.1) is 20.3 Å². The van der Waals surface area contributed by atoms with Crippen LogP contribution < -0.4 is 5.32 Å². The van der Waals surface area contributed by atoms with Gasteiger partial charge in [-0.25, -0.2) is 4.79 Å². The molecule has 4 N–H and O–H groups in total. The maximum Gasteiger partial charge on any atom is 0.371 e. The normalized spacial score (nSPS) is 10.4. The van der Waals surface area contributed by atoms with Crippen LogP contribution in [0.15, 0.2) is 36.1 Å². The number of ether oxygens (including phenoxy) is 1. The average molecular weight is 283 g/mol. The summed E-state index contributed by atoms with van der Waals surface area (Å²) in [5.74, 6) is -1.13. The molecule has 1 aromatic carbocycles. The minimum absolute atomic E-state index is 0.0637. The Morgan fingerprint density at radius 2 is 1.75 bits per heavy atom. The first-order valence-corrected chi connectivity index (χ1v) is 6.12. The van der Waals surface area contributed by atoms with E-state index in [1.165, 1.54) is 13.2 Å². The molecule has 6 nitrogen and oxygen atoms in total. The molecule has 20 heavy (non-hydrogen) atoms. The monoisotopic (exact) mass is 283 g/mol. The number of carboxylic acids is 1. The van der Waals surface area contributed by atoms with Gasteiger partial charge < -0.3 is 25.4 Å². The highest BCUT2D eigenvalue weighted by atomic mass is 16.5. The molecule has 0 spiro atoms. The van der Waals surface area contributed by atoms with Gasteiger partial charge in [-0.2, -0.15) is 0 Å². The summed E-state index contributed by atoms with van der Waals surface area (Å²) < 4.78 is 4.68. The zero-order chi connectivity index (χ0) is 15.2. The third kappa shape index (κ3) is 9.09. The average Bonchev–Trinajstić information content (AvgIpc) is 2.47. The molecular weight excluding hydrogens is 262 g/mol. The largest absolute Gasteiger partial charge is 0.490 e. The molecule has 0 fully saturated rings. The molecule has 0 saturated heterocycles. The van der Waals surface area contributed by atoms with E-state index < -0.39 is 5.97 Å². The zero-order valence-electron chi connectivity index (χ0n) is 11.5. The van der Waals surface area contributed by atoms with Gasteiger partial charge in [0.1, 0.15) is 0 Å². The second kappa shape index (κ2) is 12.2. The number of aliphatic hydroxyl groups is 2. The van der Waals surface area contributed by atoms with E-state index in [0.29, 0.717) is 13.1 Å². The Kier molecular flexibility index (Phi) is 11.0. The first-order valence-electron chi connectivity index (χ1n) is 6.12. The minimum atomic E-state index is -1.06. The molecule has 1 aromatic rings. The maximum absolute atomic E-state index is 10.5. The fourth-order valence-electron chi connectivity index (χ4n) is 1.19. The smallest absolute Gasteiger partial charge is 0.371 e. The van der Waals surface area contributed by atoms with Gasteiger partial charge in [0.2, 0.25) is 5.76 Å². The summed E-state index contributed by atoms with van der Waals surface area (Å²) in [5, 5.41) is 27.7. The van der Waals surface area contributed by atoms with Crippen molar-refractivity contribution in [2.75, 3.05) is 33.4 Å². The molecule has 0 aromatic heterocycles. The lowest BCUT2D eigenvalue weighted by Gasteiger charge is -1.99. The van der Waals surface area contributed by atoms with E-state index in [1.807, 2.05) is 30.3 Å². The predicted molar refractivity (Wildman–Crippen MR) is 76.1 cm³/mol. The third-order valence-electron chi connectivity index (χ3n) is 2.11. The number of aliphatic hydroxyl groups excluding tert-OH is 2. The number of hydrogen-bond donors (Lipinski definition) is 4. The summed E-state index contributed by atoms with van der Waals surface area (Å²) in [5.41, 5.74) is 0.807. The number of rotatable bonds is 7. The van der Waals surface area contributed by atoms with Gasteiger partial charge in [-0.1, -0.05) is 30.3 Å². The van der Waals surface area contributed by atoms with Crippen molar-refractivity contribution in [3.63, 3.8) is 0 Å². The molecule has 0 aliphatic heterocycles. The van der Waals surface area contributed by atoms with Crippen LogP contribution in [0.3, 0.4) is 0 Å². The molecule has 0 amide bonds. The minimum Gasteiger partial charge on any atom is -0.490 e. The Bertz CT molecular complexity index is 388. The number of aliphatic carboxylic acids is 1. The maximum atomic E-state index is 10.5. The highest BCUT2D eigenvalue weighted by molar-refractivity contribution is 5.89. The van der Waals surface area contributed by atoms with Crippen LogP contribution in [0.5, 0.6) is 0 Å². The molecular formula is C14H21NO5. The van der Waals surface area contributed by atoms with Crippen LogP contribution in [-0.4, -0.2) is 54.7 Å². The fraction of sp³-hybridized carbons (Fsp3) is 0.357. The molecule has 1 rings (SSSR count). The molecule has 0 atom stereocenters. The van der Waals surface area contributed by atoms with Crippen LogP contribution in [-0.2, 0) is 9.53 Å². The summed E-state index contributed by atoms with van der Waals surface area (Å²) in [6.07, 6.45) is 1.47. The van der Waals surface area contributed by atoms with Crippen molar-refractivity contribution >= 4 is 12.0 Å². The summed E-state index contributed by atoms with van der Waals surface area (Å²) in [4.78, 5) is 10.5. The second-order valence-corrected chi connectivity index (χ2v) is 3.63. The molecule has 0 radical (unpaired) electrons. The molecule has 0 aliphatic carbocycles. The molecule has 0 aliphatic rings. The van der Waals surface area contributed by atoms with Gasteiger partial charge in [0, 0.05) is 13.1 Å². The van der Waals surface area contributed by atoms with Crippen LogP contribution in [0.2, 0.25) is 0 Å². The lowest BCUT2D eigenvalue weighted by Crippen LogP contribution is -2.21. The Balaban J connectivity index is 0.000000441. The summed E-state index contributed by atoms with van der Waals surface area (Å²) in [7, 11) is 1.34. The van der Waals surface area contributed by atoms with E-state index in [9.17, 15) is 4.79 Å². The van der Waals surface area contributed by atoms with Crippen molar-refractivity contribution in [3.05, 3.63) is 41.7 Å². The van der Waals surface area contributed by atoms with Crippen molar-refractivity contribution in [1.29, 1.82) is 0 Å². The van der Waals surface area contributed by atoms with E-state index in [2.05, 4.69) is 10.1 Å². The number of carbonyl (C=O) groups is 1. The van der Waals surface area contributed by atoms with Crippen LogP contribution >= 0.6 is 0 Å². The molecule has 0 saturated carbocycles. The van der Waals surface area contributed by atoms with E-state index >= 15 is 0 Å². The lowest BCUT2D eigenvalue weighted by atomic mass is 10.2. The van der Waals surface area contributed by atoms with E-state index in [-0.39, 0.29) is 19.0 Å². The quantitative estimate of drug-likeness (QED) is 0.327. The number of hydrogen-bond acceptors (Lipinski definition) is 5. The Hall–Kier alpha value is -1.89. The molecule has 6 heteroatoms. The number of methoxy groups -OCH3 is 1. The number of carboxylic acid groups (broad SMARTS) is 1. The number of nitrogens with one attached hydrogen (secondary N) is 1. The molecule has 0 unspecified atom stereocenters. The zero-order valence-corrected chi connectivity index (χ0v) is 11.5. The highest BCUT2D eigenvalue weighted by Gasteiger charge is 2.05. The Labute approximate surface area is 118 Å².